The van der Waals surface area contributed by atoms with Crippen LogP contribution in [0.4, 0.5) is 0 Å². The number of rotatable bonds is 2. The maximum atomic E-state index is 11.2. The molecule has 0 aliphatic carbocycles. The number of carbonyl (C=O) groups is 1. The number of hydrogen-bond acceptors (Lipinski definition) is 3. The molecule has 88 valence electrons. The highest BCUT2D eigenvalue weighted by Gasteiger charge is 2.11. The van der Waals surface area contributed by atoms with Gasteiger partial charge in [0.2, 0.25) is 0 Å². The van der Waals surface area contributed by atoms with Crippen molar-refractivity contribution in [1.29, 1.82) is 0 Å². The van der Waals surface area contributed by atoms with Crippen LogP contribution in [0.5, 0.6) is 0 Å². The van der Waals surface area contributed by atoms with Crippen LogP contribution in [0.25, 0.3) is 11.3 Å². The summed E-state index contributed by atoms with van der Waals surface area (Å²) in [5.41, 5.74) is 4.05. The molecule has 5 heteroatoms. The average Bonchev–Trinajstić information content (AvgIpc) is 2.81. The fraction of sp³-hybridized carbons (Fsp3) is 0.0833. The van der Waals surface area contributed by atoms with E-state index in [0.29, 0.717) is 5.76 Å². The zero-order valence-electron chi connectivity index (χ0n) is 9.16. The van der Waals surface area contributed by atoms with E-state index in [4.69, 9.17) is 10.3 Å². The normalized spacial score (nSPS) is 10.3. The summed E-state index contributed by atoms with van der Waals surface area (Å²) >= 11 is 3.43. The number of halogens is 1. The molecule has 0 bridgehead atoms. The van der Waals surface area contributed by atoms with Gasteiger partial charge in [0.05, 0.1) is 0 Å². The molecule has 1 heterocycles. The van der Waals surface area contributed by atoms with Gasteiger partial charge >= 0.3 is 5.91 Å². The van der Waals surface area contributed by atoms with E-state index >= 15 is 0 Å². The highest BCUT2D eigenvalue weighted by Crippen LogP contribution is 2.26. The first-order chi connectivity index (χ1) is 8.11. The quantitative estimate of drug-likeness (QED) is 0.508. The Hall–Kier alpha value is -1.59. The zero-order valence-corrected chi connectivity index (χ0v) is 10.7. The summed E-state index contributed by atoms with van der Waals surface area (Å²) in [6.07, 6.45) is 0. The SMILES string of the molecule is Cc1cc(-c2ccc(C(=O)NN)o2)ccc1Br. The first-order valence-electron chi connectivity index (χ1n) is 4.99. The summed E-state index contributed by atoms with van der Waals surface area (Å²) in [4.78, 5) is 11.2. The molecular weight excluding hydrogens is 284 g/mol. The van der Waals surface area contributed by atoms with Crippen molar-refractivity contribution in [3.8, 4) is 11.3 Å². The molecule has 1 aromatic heterocycles. The Morgan fingerprint density at radius 3 is 2.76 bits per heavy atom. The average molecular weight is 295 g/mol. The first kappa shape index (κ1) is 11.9. The molecule has 0 fully saturated rings. The van der Waals surface area contributed by atoms with Crippen molar-refractivity contribution in [3.05, 3.63) is 46.1 Å². The molecule has 17 heavy (non-hydrogen) atoms. The minimum Gasteiger partial charge on any atom is -0.451 e. The number of nitrogens with one attached hydrogen (secondary N) is 1. The van der Waals surface area contributed by atoms with Crippen LogP contribution in [0, 0.1) is 6.92 Å². The standard InChI is InChI=1S/C12H11BrN2O2/c1-7-6-8(2-3-9(7)13)10-4-5-11(17-10)12(16)15-14/h2-6H,14H2,1H3,(H,15,16). The van der Waals surface area contributed by atoms with E-state index in [9.17, 15) is 4.79 Å². The molecule has 0 aliphatic rings. The third kappa shape index (κ3) is 2.40. The lowest BCUT2D eigenvalue weighted by Gasteiger charge is -2.01. The molecule has 0 aliphatic heterocycles. The van der Waals surface area contributed by atoms with Gasteiger partial charge < -0.3 is 4.42 Å². The minimum atomic E-state index is -0.440. The van der Waals surface area contributed by atoms with Gasteiger partial charge in [-0.2, -0.15) is 0 Å². The summed E-state index contributed by atoms with van der Waals surface area (Å²) in [6.45, 7) is 1.99. The monoisotopic (exact) mass is 294 g/mol. The van der Waals surface area contributed by atoms with Gasteiger partial charge in [0, 0.05) is 10.0 Å². The Morgan fingerprint density at radius 1 is 1.35 bits per heavy atom. The first-order valence-corrected chi connectivity index (χ1v) is 5.78. The fourth-order valence-corrected chi connectivity index (χ4v) is 1.73. The van der Waals surface area contributed by atoms with Gasteiger partial charge in [0.1, 0.15) is 5.76 Å². The Balaban J connectivity index is 2.37. The van der Waals surface area contributed by atoms with Gasteiger partial charge in [-0.15, -0.1) is 0 Å². The fourth-order valence-electron chi connectivity index (χ4n) is 1.48. The summed E-state index contributed by atoms with van der Waals surface area (Å²) < 4.78 is 6.44. The van der Waals surface area contributed by atoms with Crippen LogP contribution in [0.3, 0.4) is 0 Å². The van der Waals surface area contributed by atoms with E-state index in [1.807, 2.05) is 30.5 Å². The van der Waals surface area contributed by atoms with Crippen molar-refractivity contribution in [2.75, 3.05) is 0 Å². The van der Waals surface area contributed by atoms with Crippen LogP contribution in [0.15, 0.2) is 39.2 Å². The lowest BCUT2D eigenvalue weighted by atomic mass is 10.1. The van der Waals surface area contributed by atoms with Crippen molar-refractivity contribution in [2.24, 2.45) is 5.84 Å². The van der Waals surface area contributed by atoms with E-state index in [2.05, 4.69) is 15.9 Å². The molecule has 2 rings (SSSR count). The predicted octanol–water partition coefficient (Wildman–Crippen LogP) is 2.62. The van der Waals surface area contributed by atoms with E-state index in [1.54, 1.807) is 12.1 Å². The molecule has 0 spiro atoms. The number of nitrogen functional groups attached to an aromatic ring is 1. The van der Waals surface area contributed by atoms with Crippen molar-refractivity contribution >= 4 is 21.8 Å². The Kier molecular flexibility index (Phi) is 3.31. The number of nitrogens with two attached hydrogens (primary N) is 1. The molecule has 0 saturated heterocycles. The third-order valence-electron chi connectivity index (χ3n) is 2.40. The maximum absolute atomic E-state index is 11.2. The highest BCUT2D eigenvalue weighted by molar-refractivity contribution is 9.10. The van der Waals surface area contributed by atoms with Crippen LogP contribution >= 0.6 is 15.9 Å². The summed E-state index contributed by atoms with van der Waals surface area (Å²) in [5, 5.41) is 0. The number of hydrazine groups is 1. The lowest BCUT2D eigenvalue weighted by molar-refractivity contribution is 0.0927. The van der Waals surface area contributed by atoms with Crippen molar-refractivity contribution in [3.63, 3.8) is 0 Å². The van der Waals surface area contributed by atoms with Gasteiger partial charge in [-0.25, -0.2) is 5.84 Å². The second-order valence-electron chi connectivity index (χ2n) is 3.60. The number of carbonyl (C=O) groups excluding carboxylic acids is 1. The lowest BCUT2D eigenvalue weighted by Crippen LogP contribution is -2.29. The zero-order chi connectivity index (χ0) is 12.4. The van der Waals surface area contributed by atoms with Gasteiger partial charge in [-0.3, -0.25) is 10.2 Å². The van der Waals surface area contributed by atoms with Gasteiger partial charge in [0.25, 0.3) is 0 Å². The smallest absolute Gasteiger partial charge is 0.300 e. The second-order valence-corrected chi connectivity index (χ2v) is 4.46. The van der Waals surface area contributed by atoms with E-state index < -0.39 is 5.91 Å². The van der Waals surface area contributed by atoms with Crippen LogP contribution < -0.4 is 11.3 Å². The second kappa shape index (κ2) is 4.73. The van der Waals surface area contributed by atoms with Crippen LogP contribution in [-0.2, 0) is 0 Å². The van der Waals surface area contributed by atoms with E-state index in [0.717, 1.165) is 15.6 Å². The van der Waals surface area contributed by atoms with Gasteiger partial charge in [0.15, 0.2) is 5.76 Å². The Bertz CT molecular complexity index is 563. The van der Waals surface area contributed by atoms with Crippen LogP contribution in [0.1, 0.15) is 16.1 Å². The number of hydrogen-bond donors (Lipinski definition) is 2. The Labute approximate surface area is 107 Å². The molecular formula is C12H11BrN2O2. The molecule has 0 atom stereocenters. The molecule has 1 aromatic carbocycles. The van der Waals surface area contributed by atoms with E-state index in [1.165, 1.54) is 0 Å². The molecule has 3 N–H and O–H groups in total. The van der Waals surface area contributed by atoms with Crippen molar-refractivity contribution < 1.29 is 9.21 Å². The highest BCUT2D eigenvalue weighted by atomic mass is 79.9. The Morgan fingerprint density at radius 2 is 2.12 bits per heavy atom. The molecule has 2 aromatic rings. The maximum Gasteiger partial charge on any atom is 0.300 e. The molecule has 0 radical (unpaired) electrons. The summed E-state index contributed by atoms with van der Waals surface area (Å²) in [6, 6.07) is 9.17. The number of furan rings is 1. The topological polar surface area (TPSA) is 68.3 Å². The van der Waals surface area contributed by atoms with Crippen LogP contribution in [-0.4, -0.2) is 5.91 Å². The molecule has 1 amide bonds. The van der Waals surface area contributed by atoms with E-state index in [-0.39, 0.29) is 5.76 Å². The summed E-state index contributed by atoms with van der Waals surface area (Å²) in [5.74, 6) is 5.43. The largest absolute Gasteiger partial charge is 0.451 e. The van der Waals surface area contributed by atoms with Gasteiger partial charge in [-0.1, -0.05) is 22.0 Å². The molecule has 0 saturated carbocycles. The number of amides is 1. The van der Waals surface area contributed by atoms with Gasteiger partial charge in [-0.05, 0) is 36.8 Å². The summed E-state index contributed by atoms with van der Waals surface area (Å²) in [7, 11) is 0. The number of aryl methyl sites for hydroxylation is 1. The van der Waals surface area contributed by atoms with Crippen molar-refractivity contribution in [2.45, 2.75) is 6.92 Å². The molecule has 0 unspecified atom stereocenters. The predicted molar refractivity (Wildman–Crippen MR) is 68.2 cm³/mol. The minimum absolute atomic E-state index is 0.197. The molecule has 4 nitrogen and oxygen atoms in total. The van der Waals surface area contributed by atoms with Crippen molar-refractivity contribution in [1.82, 2.24) is 5.43 Å². The van der Waals surface area contributed by atoms with Crippen LogP contribution in [0.2, 0.25) is 0 Å². The number of benzene rings is 1. The third-order valence-corrected chi connectivity index (χ3v) is 3.29.